The van der Waals surface area contributed by atoms with Crippen molar-refractivity contribution in [3.8, 4) is 0 Å². The minimum Gasteiger partial charge on any atom is -0.310 e. The van der Waals surface area contributed by atoms with Crippen LogP contribution in [-0.4, -0.2) is 36.6 Å². The second-order valence-electron chi connectivity index (χ2n) is 6.21. The summed E-state index contributed by atoms with van der Waals surface area (Å²) in [5.41, 5.74) is 0.457. The van der Waals surface area contributed by atoms with Crippen LogP contribution in [0.5, 0.6) is 0 Å². The Morgan fingerprint density at radius 3 is 2.44 bits per heavy atom. The zero-order valence-corrected chi connectivity index (χ0v) is 11.3. The third-order valence-electron chi connectivity index (χ3n) is 4.65. The number of nitrogens with one attached hydrogen (secondary N) is 1. The maximum Gasteiger partial charge on any atom is 0.0309 e. The Balaban J connectivity index is 1.91. The molecular formula is C14H28N2. The molecule has 2 saturated heterocycles. The molecule has 0 aliphatic carbocycles. The Hall–Kier alpha value is -0.0800. The maximum absolute atomic E-state index is 3.79. The van der Waals surface area contributed by atoms with Gasteiger partial charge in [0, 0.05) is 25.2 Å². The molecule has 0 amide bonds. The molecule has 2 aliphatic heterocycles. The lowest BCUT2D eigenvalue weighted by molar-refractivity contribution is 0.207. The van der Waals surface area contributed by atoms with Crippen LogP contribution in [0.3, 0.4) is 0 Å². The van der Waals surface area contributed by atoms with Gasteiger partial charge in [-0.1, -0.05) is 27.2 Å². The number of hydrogen-bond donors (Lipinski definition) is 1. The third-order valence-corrected chi connectivity index (χ3v) is 4.65. The predicted molar refractivity (Wildman–Crippen MR) is 69.6 cm³/mol. The molecule has 1 N–H and O–H groups in total. The molecule has 0 bridgehead atoms. The zero-order valence-electron chi connectivity index (χ0n) is 11.3. The molecule has 2 aliphatic rings. The van der Waals surface area contributed by atoms with Gasteiger partial charge in [0.15, 0.2) is 0 Å². The monoisotopic (exact) mass is 224 g/mol. The molecule has 2 heterocycles. The summed E-state index contributed by atoms with van der Waals surface area (Å²) in [4.78, 5) is 2.70. The fourth-order valence-corrected chi connectivity index (χ4v) is 3.58. The van der Waals surface area contributed by atoms with Crippen molar-refractivity contribution in [1.82, 2.24) is 10.2 Å². The smallest absolute Gasteiger partial charge is 0.0309 e. The number of rotatable bonds is 4. The molecule has 2 heteroatoms. The van der Waals surface area contributed by atoms with E-state index in [2.05, 4.69) is 31.0 Å². The molecule has 0 aromatic carbocycles. The first-order chi connectivity index (χ1) is 7.65. The van der Waals surface area contributed by atoms with E-state index in [1.54, 1.807) is 0 Å². The van der Waals surface area contributed by atoms with Crippen LogP contribution in [0.15, 0.2) is 0 Å². The molecule has 0 aromatic rings. The Morgan fingerprint density at radius 2 is 1.94 bits per heavy atom. The summed E-state index contributed by atoms with van der Waals surface area (Å²) in [6.07, 6.45) is 5.43. The van der Waals surface area contributed by atoms with Crippen molar-refractivity contribution in [3.63, 3.8) is 0 Å². The largest absolute Gasteiger partial charge is 0.310 e. The van der Waals surface area contributed by atoms with Gasteiger partial charge in [-0.2, -0.15) is 0 Å². The number of likely N-dealkylation sites (tertiary alicyclic amines) is 1. The van der Waals surface area contributed by atoms with Crippen molar-refractivity contribution in [1.29, 1.82) is 0 Å². The molecule has 2 rings (SSSR count). The first-order valence-electron chi connectivity index (χ1n) is 7.12. The quantitative estimate of drug-likeness (QED) is 0.789. The highest BCUT2D eigenvalue weighted by atomic mass is 15.2. The third kappa shape index (κ3) is 2.60. The summed E-state index contributed by atoms with van der Waals surface area (Å²) in [6, 6.07) is 0. The van der Waals surface area contributed by atoms with Crippen LogP contribution in [-0.2, 0) is 0 Å². The SMILES string of the molecule is CCCC1(CN2CC(C)C(C)C2)CCCN1. The van der Waals surface area contributed by atoms with Crippen LogP contribution in [0.25, 0.3) is 0 Å². The first-order valence-corrected chi connectivity index (χ1v) is 7.12. The first kappa shape index (κ1) is 12.4. The lowest BCUT2D eigenvalue weighted by atomic mass is 9.91. The normalized spacial score (nSPS) is 40.7. The van der Waals surface area contributed by atoms with E-state index in [1.807, 2.05) is 0 Å². The molecule has 3 atom stereocenters. The standard InChI is InChI=1S/C14H28N2/c1-4-6-14(7-5-8-15-14)11-16-9-12(2)13(3)10-16/h12-13,15H,4-11H2,1-3H3. The van der Waals surface area contributed by atoms with Crippen molar-refractivity contribution in [3.05, 3.63) is 0 Å². The Kier molecular flexibility index (Phi) is 3.91. The van der Waals surface area contributed by atoms with Gasteiger partial charge >= 0.3 is 0 Å². The van der Waals surface area contributed by atoms with Gasteiger partial charge in [0.05, 0.1) is 0 Å². The molecule has 2 fully saturated rings. The average molecular weight is 224 g/mol. The average Bonchev–Trinajstić information content (AvgIpc) is 2.77. The van der Waals surface area contributed by atoms with Crippen molar-refractivity contribution in [2.75, 3.05) is 26.2 Å². The summed E-state index contributed by atoms with van der Waals surface area (Å²) < 4.78 is 0. The fraction of sp³-hybridized carbons (Fsp3) is 1.00. The highest BCUT2D eigenvalue weighted by Crippen LogP contribution is 2.29. The van der Waals surface area contributed by atoms with E-state index in [4.69, 9.17) is 0 Å². The molecule has 2 nitrogen and oxygen atoms in total. The van der Waals surface area contributed by atoms with Crippen LogP contribution < -0.4 is 5.32 Å². The minimum atomic E-state index is 0.457. The van der Waals surface area contributed by atoms with Crippen LogP contribution in [0, 0.1) is 11.8 Å². The molecule has 0 saturated carbocycles. The molecule has 94 valence electrons. The predicted octanol–water partition coefficient (Wildman–Crippen LogP) is 2.50. The summed E-state index contributed by atoms with van der Waals surface area (Å²) in [7, 11) is 0. The van der Waals surface area contributed by atoms with Crippen molar-refractivity contribution in [2.24, 2.45) is 11.8 Å². The molecular weight excluding hydrogens is 196 g/mol. The lowest BCUT2D eigenvalue weighted by Crippen LogP contribution is -2.49. The Bertz CT molecular complexity index is 211. The maximum atomic E-state index is 3.79. The second kappa shape index (κ2) is 5.05. The van der Waals surface area contributed by atoms with Crippen molar-refractivity contribution < 1.29 is 0 Å². The van der Waals surface area contributed by atoms with E-state index >= 15 is 0 Å². The van der Waals surface area contributed by atoms with E-state index in [9.17, 15) is 0 Å². The van der Waals surface area contributed by atoms with Gasteiger partial charge in [-0.05, 0) is 37.6 Å². The summed E-state index contributed by atoms with van der Waals surface area (Å²) in [5.74, 6) is 1.78. The highest BCUT2D eigenvalue weighted by molar-refractivity contribution is 4.96. The van der Waals surface area contributed by atoms with Gasteiger partial charge in [-0.25, -0.2) is 0 Å². The van der Waals surface area contributed by atoms with E-state index in [0.717, 1.165) is 11.8 Å². The Labute approximate surface area is 101 Å². The van der Waals surface area contributed by atoms with Crippen LogP contribution in [0.2, 0.25) is 0 Å². The lowest BCUT2D eigenvalue weighted by Gasteiger charge is -2.34. The molecule has 16 heavy (non-hydrogen) atoms. The van der Waals surface area contributed by atoms with E-state index < -0.39 is 0 Å². The highest BCUT2D eigenvalue weighted by Gasteiger charge is 2.37. The summed E-state index contributed by atoms with van der Waals surface area (Å²) >= 11 is 0. The van der Waals surface area contributed by atoms with Gasteiger partial charge in [0.2, 0.25) is 0 Å². The fourth-order valence-electron chi connectivity index (χ4n) is 3.58. The number of hydrogen-bond acceptors (Lipinski definition) is 2. The van der Waals surface area contributed by atoms with Gasteiger partial charge in [-0.3, -0.25) is 0 Å². The zero-order chi connectivity index (χ0) is 11.6. The molecule has 0 aromatic heterocycles. The Morgan fingerprint density at radius 1 is 1.25 bits per heavy atom. The molecule has 0 radical (unpaired) electrons. The summed E-state index contributed by atoms with van der Waals surface area (Å²) in [6.45, 7) is 12.3. The molecule has 0 spiro atoms. The summed E-state index contributed by atoms with van der Waals surface area (Å²) in [5, 5.41) is 3.79. The van der Waals surface area contributed by atoms with Gasteiger partial charge in [-0.15, -0.1) is 0 Å². The number of nitrogens with zero attached hydrogens (tertiary/aromatic N) is 1. The van der Waals surface area contributed by atoms with Crippen LogP contribution >= 0.6 is 0 Å². The van der Waals surface area contributed by atoms with Gasteiger partial charge in [0.1, 0.15) is 0 Å². The van der Waals surface area contributed by atoms with E-state index in [-0.39, 0.29) is 0 Å². The molecule has 3 unspecified atom stereocenters. The van der Waals surface area contributed by atoms with Crippen LogP contribution in [0.1, 0.15) is 46.5 Å². The van der Waals surface area contributed by atoms with Crippen LogP contribution in [0.4, 0.5) is 0 Å². The second-order valence-corrected chi connectivity index (χ2v) is 6.21. The van der Waals surface area contributed by atoms with Gasteiger partial charge < -0.3 is 10.2 Å². The van der Waals surface area contributed by atoms with Gasteiger partial charge in [0.25, 0.3) is 0 Å². The van der Waals surface area contributed by atoms with E-state index in [0.29, 0.717) is 5.54 Å². The van der Waals surface area contributed by atoms with E-state index in [1.165, 1.54) is 51.9 Å². The van der Waals surface area contributed by atoms with Crippen molar-refractivity contribution >= 4 is 0 Å². The minimum absolute atomic E-state index is 0.457. The topological polar surface area (TPSA) is 15.3 Å². The van der Waals surface area contributed by atoms with Crippen molar-refractivity contribution in [2.45, 2.75) is 52.0 Å².